The fraction of sp³-hybridized carbons (Fsp3) is 0.0800. The summed E-state index contributed by atoms with van der Waals surface area (Å²) in [4.78, 5) is 29.9. The SMILES string of the molecule is CC(Nc1ncnc2nc[nH]c12)c1cc2cccc(-c3cn[nH]c3)c2c(=O)n1-c1ccccc1. The van der Waals surface area contributed by atoms with Crippen LogP contribution in [0.15, 0.2) is 84.4 Å². The molecule has 9 heteroatoms. The summed E-state index contributed by atoms with van der Waals surface area (Å²) in [6.07, 6.45) is 6.58. The molecule has 0 fully saturated rings. The Morgan fingerprint density at radius 1 is 1.03 bits per heavy atom. The van der Waals surface area contributed by atoms with Gasteiger partial charge < -0.3 is 10.3 Å². The van der Waals surface area contributed by atoms with Crippen LogP contribution < -0.4 is 10.9 Å². The molecule has 0 radical (unpaired) electrons. The second-order valence-corrected chi connectivity index (χ2v) is 7.99. The van der Waals surface area contributed by atoms with Crippen LogP contribution in [0.5, 0.6) is 0 Å². The number of fused-ring (bicyclic) bond motifs is 2. The second kappa shape index (κ2) is 7.96. The number of hydrogen-bond acceptors (Lipinski definition) is 6. The third-order valence-corrected chi connectivity index (χ3v) is 5.92. The van der Waals surface area contributed by atoms with E-state index < -0.39 is 0 Å². The summed E-state index contributed by atoms with van der Waals surface area (Å²) >= 11 is 0. The van der Waals surface area contributed by atoms with Gasteiger partial charge in [-0.1, -0.05) is 36.4 Å². The molecule has 0 saturated carbocycles. The Bertz CT molecular complexity index is 1670. The van der Waals surface area contributed by atoms with Crippen molar-refractivity contribution in [3.8, 4) is 16.8 Å². The number of nitrogens with one attached hydrogen (secondary N) is 3. The molecule has 1 atom stereocenters. The lowest BCUT2D eigenvalue weighted by Gasteiger charge is -2.22. The van der Waals surface area contributed by atoms with Crippen molar-refractivity contribution in [1.82, 2.24) is 34.7 Å². The highest BCUT2D eigenvalue weighted by Gasteiger charge is 2.20. The molecule has 0 spiro atoms. The average Bonchev–Trinajstić information content (AvgIpc) is 3.57. The molecule has 9 nitrogen and oxygen atoms in total. The van der Waals surface area contributed by atoms with E-state index in [0.717, 1.165) is 27.9 Å². The highest BCUT2D eigenvalue weighted by molar-refractivity contribution is 5.96. The summed E-state index contributed by atoms with van der Waals surface area (Å²) in [6.45, 7) is 2.00. The number of pyridine rings is 1. The molecule has 1 unspecified atom stereocenters. The lowest BCUT2D eigenvalue weighted by Crippen LogP contribution is -2.26. The van der Waals surface area contributed by atoms with E-state index in [9.17, 15) is 4.79 Å². The van der Waals surface area contributed by atoms with E-state index in [4.69, 9.17) is 0 Å². The van der Waals surface area contributed by atoms with E-state index in [2.05, 4.69) is 41.5 Å². The molecule has 6 rings (SSSR count). The molecule has 4 aromatic heterocycles. The Balaban J connectivity index is 1.58. The monoisotopic (exact) mass is 448 g/mol. The quantitative estimate of drug-likeness (QED) is 0.364. The van der Waals surface area contributed by atoms with Crippen LogP contribution in [-0.4, -0.2) is 34.7 Å². The Labute approximate surface area is 193 Å². The summed E-state index contributed by atoms with van der Waals surface area (Å²) in [6, 6.07) is 17.3. The van der Waals surface area contributed by atoms with Crippen molar-refractivity contribution < 1.29 is 0 Å². The Kier molecular flexibility index (Phi) is 4.65. The van der Waals surface area contributed by atoms with Gasteiger partial charge in [0, 0.05) is 23.1 Å². The van der Waals surface area contributed by atoms with Gasteiger partial charge in [-0.3, -0.25) is 14.5 Å². The van der Waals surface area contributed by atoms with E-state index in [1.807, 2.05) is 55.5 Å². The molecule has 34 heavy (non-hydrogen) atoms. The van der Waals surface area contributed by atoms with Gasteiger partial charge in [0.1, 0.15) is 11.8 Å². The molecule has 0 aliphatic carbocycles. The van der Waals surface area contributed by atoms with Crippen molar-refractivity contribution in [3.05, 3.63) is 95.7 Å². The summed E-state index contributed by atoms with van der Waals surface area (Å²) < 4.78 is 1.76. The predicted molar refractivity (Wildman–Crippen MR) is 131 cm³/mol. The number of anilines is 1. The van der Waals surface area contributed by atoms with E-state index in [1.54, 1.807) is 23.3 Å². The van der Waals surface area contributed by atoms with Crippen LogP contribution in [0.3, 0.4) is 0 Å². The molecule has 0 saturated heterocycles. The molecular weight excluding hydrogens is 428 g/mol. The molecule has 166 valence electrons. The number of nitrogens with zero attached hydrogens (tertiary/aromatic N) is 5. The number of rotatable bonds is 5. The van der Waals surface area contributed by atoms with Crippen molar-refractivity contribution in [3.63, 3.8) is 0 Å². The van der Waals surface area contributed by atoms with E-state index >= 15 is 0 Å². The third kappa shape index (κ3) is 3.22. The maximum atomic E-state index is 14.1. The molecular formula is C25H20N8O. The van der Waals surface area contributed by atoms with Gasteiger partial charge in [-0.15, -0.1) is 0 Å². The zero-order valence-electron chi connectivity index (χ0n) is 18.2. The largest absolute Gasteiger partial charge is 0.360 e. The van der Waals surface area contributed by atoms with Crippen LogP contribution in [0, 0.1) is 0 Å². The molecule has 6 aromatic rings. The fourth-order valence-electron chi connectivity index (χ4n) is 4.34. The summed E-state index contributed by atoms with van der Waals surface area (Å²) in [5, 5.41) is 11.8. The topological polar surface area (TPSA) is 117 Å². The Morgan fingerprint density at radius 2 is 1.91 bits per heavy atom. The molecule has 0 aliphatic heterocycles. The normalized spacial score (nSPS) is 12.3. The van der Waals surface area contributed by atoms with E-state index in [1.165, 1.54) is 6.33 Å². The van der Waals surface area contributed by atoms with Crippen molar-refractivity contribution in [1.29, 1.82) is 0 Å². The zero-order chi connectivity index (χ0) is 23.1. The fourth-order valence-corrected chi connectivity index (χ4v) is 4.34. The number of H-pyrrole nitrogens is 2. The third-order valence-electron chi connectivity index (χ3n) is 5.92. The van der Waals surface area contributed by atoms with Crippen molar-refractivity contribution in [2.45, 2.75) is 13.0 Å². The first kappa shape index (κ1) is 19.9. The van der Waals surface area contributed by atoms with Crippen molar-refractivity contribution in [2.75, 3.05) is 5.32 Å². The van der Waals surface area contributed by atoms with Crippen LogP contribution in [0.4, 0.5) is 5.82 Å². The van der Waals surface area contributed by atoms with Gasteiger partial charge in [0.15, 0.2) is 11.5 Å². The van der Waals surface area contributed by atoms with Gasteiger partial charge in [0.25, 0.3) is 5.56 Å². The molecule has 0 bridgehead atoms. The molecule has 0 amide bonds. The van der Waals surface area contributed by atoms with Crippen LogP contribution in [0.2, 0.25) is 0 Å². The number of benzene rings is 2. The van der Waals surface area contributed by atoms with Crippen LogP contribution >= 0.6 is 0 Å². The van der Waals surface area contributed by atoms with Gasteiger partial charge >= 0.3 is 0 Å². The number of aromatic amines is 2. The van der Waals surface area contributed by atoms with Crippen LogP contribution in [-0.2, 0) is 0 Å². The van der Waals surface area contributed by atoms with Gasteiger partial charge in [0.05, 0.1) is 24.0 Å². The second-order valence-electron chi connectivity index (χ2n) is 7.99. The lowest BCUT2D eigenvalue weighted by atomic mass is 10.00. The Morgan fingerprint density at radius 3 is 2.74 bits per heavy atom. The Hall–Kier alpha value is -4.79. The number of para-hydroxylation sites is 1. The predicted octanol–water partition coefficient (Wildman–Crippen LogP) is 4.22. The highest BCUT2D eigenvalue weighted by Crippen LogP contribution is 2.30. The first-order valence-corrected chi connectivity index (χ1v) is 10.8. The van der Waals surface area contributed by atoms with Gasteiger partial charge in [-0.25, -0.2) is 15.0 Å². The average molecular weight is 448 g/mol. The minimum Gasteiger partial charge on any atom is -0.360 e. The minimum atomic E-state index is -0.253. The van der Waals surface area contributed by atoms with Crippen molar-refractivity contribution >= 4 is 27.8 Å². The number of imidazole rings is 1. The van der Waals surface area contributed by atoms with E-state index in [0.29, 0.717) is 22.4 Å². The molecule has 3 N–H and O–H groups in total. The van der Waals surface area contributed by atoms with Gasteiger partial charge in [-0.2, -0.15) is 5.10 Å². The summed E-state index contributed by atoms with van der Waals surface area (Å²) in [5.41, 5.74) is 4.48. The molecule has 4 heterocycles. The van der Waals surface area contributed by atoms with Gasteiger partial charge in [-0.05, 0) is 36.1 Å². The summed E-state index contributed by atoms with van der Waals surface area (Å²) in [5.74, 6) is 0.620. The summed E-state index contributed by atoms with van der Waals surface area (Å²) in [7, 11) is 0. The first-order chi connectivity index (χ1) is 16.7. The maximum Gasteiger partial charge on any atom is 0.263 e. The minimum absolute atomic E-state index is 0.0986. The molecule has 2 aromatic carbocycles. The smallest absolute Gasteiger partial charge is 0.263 e. The number of aromatic nitrogens is 7. The van der Waals surface area contributed by atoms with E-state index in [-0.39, 0.29) is 11.6 Å². The maximum absolute atomic E-state index is 14.1. The number of hydrogen-bond donors (Lipinski definition) is 3. The zero-order valence-corrected chi connectivity index (χ0v) is 18.2. The first-order valence-electron chi connectivity index (χ1n) is 10.8. The highest BCUT2D eigenvalue weighted by atomic mass is 16.1. The lowest BCUT2D eigenvalue weighted by molar-refractivity contribution is 0.774. The van der Waals surface area contributed by atoms with Crippen molar-refractivity contribution in [2.24, 2.45) is 0 Å². The van der Waals surface area contributed by atoms with Crippen LogP contribution in [0.1, 0.15) is 18.7 Å². The van der Waals surface area contributed by atoms with Gasteiger partial charge in [0.2, 0.25) is 0 Å². The standard InChI is InChI=1S/C25H20N8O/c1-15(32-24-22-23(27-13-26-22)28-14-29-24)20-10-16-6-5-9-19(17-11-30-31-12-17)21(16)25(34)33(20)18-7-3-2-4-8-18/h2-15H,1H3,(H,30,31)(H2,26,27,28,29,32). The molecule has 0 aliphatic rings. The van der Waals surface area contributed by atoms with Crippen LogP contribution in [0.25, 0.3) is 38.8 Å².